The molecule has 0 radical (unpaired) electrons. The number of rotatable bonds is 7. The van der Waals surface area contributed by atoms with Crippen molar-refractivity contribution in [2.45, 2.75) is 39.1 Å². The smallest absolute Gasteiger partial charge is 0.268 e. The maximum Gasteiger partial charge on any atom is 0.268 e. The maximum atomic E-state index is 13.9. The summed E-state index contributed by atoms with van der Waals surface area (Å²) in [4.78, 5) is 34.3. The molecule has 4 rings (SSSR count). The van der Waals surface area contributed by atoms with Crippen LogP contribution in [0.2, 0.25) is 0 Å². The average molecular weight is 455 g/mol. The van der Waals surface area contributed by atoms with E-state index in [9.17, 15) is 18.4 Å². The van der Waals surface area contributed by atoms with E-state index in [0.29, 0.717) is 36.7 Å². The molecule has 1 aromatic carbocycles. The van der Waals surface area contributed by atoms with E-state index in [4.69, 9.17) is 4.74 Å². The van der Waals surface area contributed by atoms with Crippen molar-refractivity contribution in [3.8, 4) is 0 Å². The summed E-state index contributed by atoms with van der Waals surface area (Å²) in [6.45, 7) is 2.80. The molecule has 0 saturated carbocycles. The van der Waals surface area contributed by atoms with Gasteiger partial charge < -0.3 is 19.9 Å². The SMILES string of the molecule is CCC(NC(=O)c1cc(C(=O)NCc2ccc(F)cc2F)c2n1CCOC2)c1cnccn1. The van der Waals surface area contributed by atoms with E-state index in [2.05, 4.69) is 20.6 Å². The van der Waals surface area contributed by atoms with E-state index in [1.807, 2.05) is 6.92 Å². The Labute approximate surface area is 189 Å². The van der Waals surface area contributed by atoms with E-state index in [0.717, 1.165) is 12.1 Å². The summed E-state index contributed by atoms with van der Waals surface area (Å²) in [5.41, 5.74) is 1.96. The molecule has 1 atom stereocenters. The Hall–Kier alpha value is -3.66. The molecule has 1 aliphatic rings. The van der Waals surface area contributed by atoms with Crippen LogP contribution in [-0.2, 0) is 24.4 Å². The number of benzene rings is 1. The molecule has 2 amide bonds. The van der Waals surface area contributed by atoms with E-state index < -0.39 is 17.5 Å². The largest absolute Gasteiger partial charge is 0.373 e. The Morgan fingerprint density at radius 2 is 2.06 bits per heavy atom. The standard InChI is InChI=1S/C23H23F2N5O3/c1-2-18(19-12-26-5-6-27-19)29-23(32)20-10-16(21-13-33-8-7-30(20)21)22(31)28-11-14-3-4-15(24)9-17(14)25/h3-6,9-10,12,18H,2,7-8,11,13H2,1H3,(H,28,31)(H,29,32). The number of fused-ring (bicyclic) bond motifs is 1. The first-order chi connectivity index (χ1) is 16.0. The van der Waals surface area contributed by atoms with Gasteiger partial charge in [0.1, 0.15) is 17.3 Å². The molecule has 0 aliphatic carbocycles. The number of carbonyl (C=O) groups excluding carboxylic acids is 2. The molecule has 0 bridgehead atoms. The lowest BCUT2D eigenvalue weighted by Crippen LogP contribution is -2.32. The third-order valence-electron chi connectivity index (χ3n) is 5.49. The minimum absolute atomic E-state index is 0.122. The summed E-state index contributed by atoms with van der Waals surface area (Å²) >= 11 is 0. The summed E-state index contributed by atoms with van der Waals surface area (Å²) in [7, 11) is 0. The van der Waals surface area contributed by atoms with Crippen LogP contribution in [0.15, 0.2) is 42.9 Å². The normalized spacial score (nSPS) is 13.8. The Morgan fingerprint density at radius 3 is 2.79 bits per heavy atom. The highest BCUT2D eigenvalue weighted by molar-refractivity contribution is 6.00. The first-order valence-electron chi connectivity index (χ1n) is 10.6. The van der Waals surface area contributed by atoms with Gasteiger partial charge >= 0.3 is 0 Å². The van der Waals surface area contributed by atoms with E-state index in [1.54, 1.807) is 23.2 Å². The molecular weight excluding hydrogens is 432 g/mol. The van der Waals surface area contributed by atoms with Gasteiger partial charge in [-0.25, -0.2) is 8.78 Å². The lowest BCUT2D eigenvalue weighted by molar-refractivity contribution is 0.0775. The number of nitrogens with one attached hydrogen (secondary N) is 2. The van der Waals surface area contributed by atoms with Gasteiger partial charge in [-0.2, -0.15) is 0 Å². The Kier molecular flexibility index (Phi) is 6.74. The summed E-state index contributed by atoms with van der Waals surface area (Å²) < 4.78 is 34.3. The monoisotopic (exact) mass is 455 g/mol. The molecule has 0 spiro atoms. The van der Waals surface area contributed by atoms with E-state index >= 15 is 0 Å². The highest BCUT2D eigenvalue weighted by Crippen LogP contribution is 2.23. The predicted molar refractivity (Wildman–Crippen MR) is 114 cm³/mol. The number of aromatic nitrogens is 3. The molecule has 3 heterocycles. The van der Waals surface area contributed by atoms with Gasteiger partial charge in [0.2, 0.25) is 0 Å². The molecule has 1 unspecified atom stereocenters. The molecule has 2 aromatic heterocycles. The molecule has 33 heavy (non-hydrogen) atoms. The summed E-state index contributed by atoms with van der Waals surface area (Å²) in [5.74, 6) is -2.26. The highest BCUT2D eigenvalue weighted by Gasteiger charge is 2.27. The average Bonchev–Trinajstić information content (AvgIpc) is 3.22. The van der Waals surface area contributed by atoms with Gasteiger partial charge in [-0.1, -0.05) is 13.0 Å². The predicted octanol–water partition coefficient (Wildman–Crippen LogP) is 2.90. The fourth-order valence-electron chi connectivity index (χ4n) is 3.75. The second-order valence-corrected chi connectivity index (χ2v) is 7.58. The van der Waals surface area contributed by atoms with Crippen molar-refractivity contribution in [1.29, 1.82) is 0 Å². The van der Waals surface area contributed by atoms with Crippen molar-refractivity contribution < 1.29 is 23.1 Å². The number of hydrogen-bond donors (Lipinski definition) is 2. The van der Waals surface area contributed by atoms with Crippen molar-refractivity contribution in [2.75, 3.05) is 6.61 Å². The van der Waals surface area contributed by atoms with Gasteiger partial charge in [0.15, 0.2) is 0 Å². The van der Waals surface area contributed by atoms with Crippen molar-refractivity contribution in [2.24, 2.45) is 0 Å². The van der Waals surface area contributed by atoms with Crippen LogP contribution in [0.3, 0.4) is 0 Å². The van der Waals surface area contributed by atoms with Gasteiger partial charge in [-0.05, 0) is 18.6 Å². The number of ether oxygens (including phenoxy) is 1. The minimum atomic E-state index is -0.743. The van der Waals surface area contributed by atoms with Gasteiger partial charge in [0, 0.05) is 37.1 Å². The zero-order chi connectivity index (χ0) is 23.4. The molecule has 0 saturated heterocycles. The van der Waals surface area contributed by atoms with Crippen LogP contribution < -0.4 is 10.6 Å². The molecule has 8 nitrogen and oxygen atoms in total. The van der Waals surface area contributed by atoms with Gasteiger partial charge in [-0.3, -0.25) is 19.6 Å². The van der Waals surface area contributed by atoms with Crippen LogP contribution in [-0.4, -0.2) is 33.0 Å². The second kappa shape index (κ2) is 9.86. The second-order valence-electron chi connectivity index (χ2n) is 7.58. The summed E-state index contributed by atoms with van der Waals surface area (Å²) in [5, 5.41) is 5.59. The summed E-state index contributed by atoms with van der Waals surface area (Å²) in [6, 6.07) is 4.34. The highest BCUT2D eigenvalue weighted by atomic mass is 19.1. The number of carbonyl (C=O) groups is 2. The Bertz CT molecular complexity index is 1170. The molecule has 1 aliphatic heterocycles. The third-order valence-corrected chi connectivity index (χ3v) is 5.49. The molecule has 3 aromatic rings. The topological polar surface area (TPSA) is 98.1 Å². The number of halogens is 2. The van der Waals surface area contributed by atoms with Gasteiger partial charge in [0.25, 0.3) is 11.8 Å². The zero-order valence-electron chi connectivity index (χ0n) is 18.0. The quantitative estimate of drug-likeness (QED) is 0.571. The zero-order valence-corrected chi connectivity index (χ0v) is 18.0. The molecule has 172 valence electrons. The van der Waals surface area contributed by atoms with Crippen molar-refractivity contribution in [1.82, 2.24) is 25.2 Å². The van der Waals surface area contributed by atoms with Crippen LogP contribution >= 0.6 is 0 Å². The van der Waals surface area contributed by atoms with E-state index in [-0.39, 0.29) is 36.2 Å². The van der Waals surface area contributed by atoms with E-state index in [1.165, 1.54) is 12.1 Å². The number of nitrogens with zero attached hydrogens (tertiary/aromatic N) is 3. The molecule has 0 fully saturated rings. The first-order valence-corrected chi connectivity index (χ1v) is 10.6. The summed E-state index contributed by atoms with van der Waals surface area (Å²) in [6.07, 6.45) is 5.33. The first kappa shape index (κ1) is 22.5. The van der Waals surface area contributed by atoms with Crippen LogP contribution in [0.5, 0.6) is 0 Å². The fraction of sp³-hybridized carbons (Fsp3) is 0.304. The van der Waals surface area contributed by atoms with Gasteiger partial charge in [-0.15, -0.1) is 0 Å². The number of hydrogen-bond acceptors (Lipinski definition) is 5. The number of amides is 2. The molecular formula is C23H23F2N5O3. The lowest BCUT2D eigenvalue weighted by atomic mass is 10.1. The lowest BCUT2D eigenvalue weighted by Gasteiger charge is -2.21. The maximum absolute atomic E-state index is 13.9. The molecule has 10 heteroatoms. The molecule has 2 N–H and O–H groups in total. The van der Waals surface area contributed by atoms with Crippen molar-refractivity contribution in [3.05, 3.63) is 82.7 Å². The minimum Gasteiger partial charge on any atom is -0.373 e. The van der Waals surface area contributed by atoms with Crippen LogP contribution in [0.4, 0.5) is 8.78 Å². The Morgan fingerprint density at radius 1 is 1.21 bits per heavy atom. The van der Waals surface area contributed by atoms with Gasteiger partial charge in [0.05, 0.1) is 42.4 Å². The van der Waals surface area contributed by atoms with Crippen LogP contribution in [0.25, 0.3) is 0 Å². The van der Waals surface area contributed by atoms with Crippen molar-refractivity contribution >= 4 is 11.8 Å². The third kappa shape index (κ3) is 4.90. The fourth-order valence-corrected chi connectivity index (χ4v) is 3.75. The van der Waals surface area contributed by atoms with Crippen LogP contribution in [0, 0.1) is 11.6 Å². The van der Waals surface area contributed by atoms with Crippen molar-refractivity contribution in [3.63, 3.8) is 0 Å². The Balaban J connectivity index is 1.54. The van der Waals surface area contributed by atoms with Crippen LogP contribution in [0.1, 0.15) is 57.2 Å².